The van der Waals surface area contributed by atoms with Crippen molar-refractivity contribution in [3.05, 3.63) is 40.0 Å². The first-order valence-electron chi connectivity index (χ1n) is 7.68. The van der Waals surface area contributed by atoms with Gasteiger partial charge in [-0.1, -0.05) is 12.5 Å². The van der Waals surface area contributed by atoms with E-state index in [2.05, 4.69) is 25.4 Å². The van der Waals surface area contributed by atoms with Gasteiger partial charge < -0.3 is 5.11 Å². The number of hydrogen-bond acceptors (Lipinski definition) is 5. The number of aryl methyl sites for hydroxylation is 1. The van der Waals surface area contributed by atoms with E-state index < -0.39 is 9.73 Å². The second-order valence-electron chi connectivity index (χ2n) is 5.81. The van der Waals surface area contributed by atoms with E-state index in [0.29, 0.717) is 27.2 Å². The van der Waals surface area contributed by atoms with Gasteiger partial charge in [0, 0.05) is 24.1 Å². The zero-order valence-corrected chi connectivity index (χ0v) is 15.6. The summed E-state index contributed by atoms with van der Waals surface area (Å²) in [4.78, 5) is 12.7. The zero-order chi connectivity index (χ0) is 17.3. The highest BCUT2D eigenvalue weighted by atomic mass is 79.9. The van der Waals surface area contributed by atoms with Crippen molar-refractivity contribution in [2.24, 2.45) is 11.4 Å². The predicted molar refractivity (Wildman–Crippen MR) is 96.3 cm³/mol. The van der Waals surface area contributed by atoms with Gasteiger partial charge in [-0.3, -0.25) is 4.79 Å². The lowest BCUT2D eigenvalue weighted by molar-refractivity contribution is 0.103. The fraction of sp³-hybridized carbons (Fsp3) is 0.375. The molecule has 0 unspecified atom stereocenters. The molecule has 1 aromatic heterocycles. The summed E-state index contributed by atoms with van der Waals surface area (Å²) in [5.74, 6) is 0.651. The van der Waals surface area contributed by atoms with Crippen LogP contribution >= 0.6 is 15.9 Å². The van der Waals surface area contributed by atoms with Crippen molar-refractivity contribution in [1.82, 2.24) is 9.78 Å². The third-order valence-electron chi connectivity index (χ3n) is 4.07. The van der Waals surface area contributed by atoms with E-state index in [1.165, 1.54) is 10.9 Å². The van der Waals surface area contributed by atoms with Crippen molar-refractivity contribution in [2.75, 3.05) is 11.5 Å². The highest BCUT2D eigenvalue weighted by Crippen LogP contribution is 2.33. The van der Waals surface area contributed by atoms with E-state index in [1.54, 1.807) is 25.2 Å². The van der Waals surface area contributed by atoms with Crippen molar-refractivity contribution >= 4 is 37.1 Å². The summed E-state index contributed by atoms with van der Waals surface area (Å²) < 4.78 is 19.0. The van der Waals surface area contributed by atoms with Gasteiger partial charge >= 0.3 is 0 Å². The number of ketones is 1. The molecule has 1 fully saturated rings. The van der Waals surface area contributed by atoms with Crippen molar-refractivity contribution in [2.45, 2.75) is 19.3 Å². The van der Waals surface area contributed by atoms with Gasteiger partial charge in [0.1, 0.15) is 5.56 Å². The van der Waals surface area contributed by atoms with E-state index in [1.807, 2.05) is 0 Å². The average molecular weight is 412 g/mol. The molecule has 8 heteroatoms. The first-order chi connectivity index (χ1) is 11.4. The van der Waals surface area contributed by atoms with Gasteiger partial charge in [-0.2, -0.15) is 9.46 Å². The Morgan fingerprint density at radius 2 is 2.00 bits per heavy atom. The Hall–Kier alpha value is -1.67. The largest absolute Gasteiger partial charge is 0.493 e. The van der Waals surface area contributed by atoms with Crippen LogP contribution in [0.4, 0.5) is 5.69 Å². The van der Waals surface area contributed by atoms with E-state index in [4.69, 9.17) is 0 Å². The van der Waals surface area contributed by atoms with Gasteiger partial charge in [-0.25, -0.2) is 8.89 Å². The summed E-state index contributed by atoms with van der Waals surface area (Å²) in [5.41, 5.74) is 0.992. The summed E-state index contributed by atoms with van der Waals surface area (Å²) in [6, 6.07) is 5.09. The molecule has 1 aromatic carbocycles. The first kappa shape index (κ1) is 17.2. The summed E-state index contributed by atoms with van der Waals surface area (Å²) in [6.07, 6.45) is 4.26. The lowest BCUT2D eigenvalue weighted by Crippen LogP contribution is -2.15. The van der Waals surface area contributed by atoms with Crippen LogP contribution in [-0.2, 0) is 16.8 Å². The summed E-state index contributed by atoms with van der Waals surface area (Å²) in [7, 11) is -0.703. The van der Waals surface area contributed by atoms with Gasteiger partial charge in [-0.05, 0) is 40.9 Å². The molecule has 2 heterocycles. The van der Waals surface area contributed by atoms with E-state index in [9.17, 15) is 14.1 Å². The van der Waals surface area contributed by atoms with Crippen LogP contribution in [0.1, 0.15) is 35.2 Å². The molecule has 0 radical (unpaired) electrons. The van der Waals surface area contributed by atoms with E-state index in [0.717, 1.165) is 19.3 Å². The monoisotopic (exact) mass is 411 g/mol. The minimum absolute atomic E-state index is 0.122. The quantitative estimate of drug-likeness (QED) is 0.784. The molecule has 1 aliphatic rings. The maximum absolute atomic E-state index is 12.8. The van der Waals surface area contributed by atoms with Gasteiger partial charge in [0.05, 0.1) is 26.1 Å². The number of benzene rings is 1. The molecule has 24 heavy (non-hydrogen) atoms. The lowest BCUT2D eigenvalue weighted by atomic mass is 10.1. The fourth-order valence-corrected chi connectivity index (χ4v) is 5.56. The molecule has 1 N–H and O–H groups in total. The number of nitrogens with zero attached hydrogens (tertiary/aromatic N) is 3. The zero-order valence-electron chi connectivity index (χ0n) is 13.2. The SMILES string of the molecule is Cn1ncc(C(=O)c2cccc(N=S3(=O)CCCCC3)c2Br)c1O. The third kappa shape index (κ3) is 3.25. The normalized spacial score (nSPS) is 16.8. The second kappa shape index (κ2) is 6.68. The molecule has 1 saturated heterocycles. The maximum Gasteiger partial charge on any atom is 0.220 e. The fourth-order valence-electron chi connectivity index (χ4n) is 2.71. The first-order valence-corrected chi connectivity index (χ1v) is 10.3. The Balaban J connectivity index is 2.03. The highest BCUT2D eigenvalue weighted by molar-refractivity contribution is 9.10. The molecule has 6 nitrogen and oxygen atoms in total. The molecule has 0 aliphatic carbocycles. The smallest absolute Gasteiger partial charge is 0.220 e. The minimum Gasteiger partial charge on any atom is -0.493 e. The van der Waals surface area contributed by atoms with Crippen molar-refractivity contribution < 1.29 is 14.1 Å². The van der Waals surface area contributed by atoms with E-state index >= 15 is 0 Å². The molecule has 128 valence electrons. The Labute approximate surface area is 149 Å². The highest BCUT2D eigenvalue weighted by Gasteiger charge is 2.22. The van der Waals surface area contributed by atoms with Crippen molar-refractivity contribution in [3.63, 3.8) is 0 Å². The van der Waals surface area contributed by atoms with Crippen LogP contribution in [0.15, 0.2) is 33.2 Å². The molecule has 0 spiro atoms. The number of hydrogen-bond donors (Lipinski definition) is 1. The number of halogens is 1. The molecule has 3 rings (SSSR count). The Morgan fingerprint density at radius 3 is 2.62 bits per heavy atom. The standard InChI is InChI=1S/C16H18BrN3O3S/c1-20-16(22)12(10-18-20)15(21)11-6-5-7-13(14(11)17)19-24(23)8-3-2-4-9-24/h5-7,10,22H,2-4,8-9H2,1H3. The van der Waals surface area contributed by atoms with Crippen LogP contribution in [0.3, 0.4) is 0 Å². The Kier molecular flexibility index (Phi) is 4.78. The van der Waals surface area contributed by atoms with Crippen LogP contribution in [0.25, 0.3) is 0 Å². The van der Waals surface area contributed by atoms with Crippen LogP contribution in [0.2, 0.25) is 0 Å². The number of carbonyl (C=O) groups is 1. The average Bonchev–Trinajstić information content (AvgIpc) is 2.89. The number of aromatic hydroxyl groups is 1. The molecule has 0 atom stereocenters. The number of carbonyl (C=O) groups excluding carboxylic acids is 1. The Morgan fingerprint density at radius 1 is 1.29 bits per heavy atom. The second-order valence-corrected chi connectivity index (χ2v) is 9.14. The van der Waals surface area contributed by atoms with Crippen molar-refractivity contribution in [1.29, 1.82) is 0 Å². The van der Waals surface area contributed by atoms with E-state index in [-0.39, 0.29) is 17.2 Å². The molecule has 2 aromatic rings. The molecular formula is C16H18BrN3O3S. The van der Waals surface area contributed by atoms with Gasteiger partial charge in [0.2, 0.25) is 11.7 Å². The summed E-state index contributed by atoms with van der Waals surface area (Å²) in [5, 5.41) is 13.8. The lowest BCUT2D eigenvalue weighted by Gasteiger charge is -2.16. The van der Waals surface area contributed by atoms with Crippen LogP contribution < -0.4 is 0 Å². The number of rotatable bonds is 3. The molecular weight excluding hydrogens is 394 g/mol. The summed E-state index contributed by atoms with van der Waals surface area (Å²) in [6.45, 7) is 0. The van der Waals surface area contributed by atoms with Gasteiger partial charge in [0.25, 0.3) is 0 Å². The topological polar surface area (TPSA) is 84.5 Å². The van der Waals surface area contributed by atoms with Crippen LogP contribution in [-0.4, -0.2) is 36.4 Å². The molecule has 0 amide bonds. The molecule has 1 aliphatic heterocycles. The van der Waals surface area contributed by atoms with Gasteiger partial charge in [0.15, 0.2) is 0 Å². The Bertz CT molecular complexity index is 901. The number of aromatic nitrogens is 2. The van der Waals surface area contributed by atoms with Gasteiger partial charge in [-0.15, -0.1) is 0 Å². The predicted octanol–water partition coefficient (Wildman–Crippen LogP) is 3.40. The summed E-state index contributed by atoms with van der Waals surface area (Å²) >= 11 is 3.41. The molecule has 0 saturated carbocycles. The molecule has 0 bridgehead atoms. The third-order valence-corrected chi connectivity index (χ3v) is 7.28. The van der Waals surface area contributed by atoms with Crippen molar-refractivity contribution in [3.8, 4) is 5.88 Å². The van der Waals surface area contributed by atoms with Crippen LogP contribution in [0.5, 0.6) is 5.88 Å². The minimum atomic E-state index is -2.26. The van der Waals surface area contributed by atoms with Crippen LogP contribution in [0, 0.1) is 0 Å². The maximum atomic E-state index is 12.8.